The fourth-order valence-electron chi connectivity index (χ4n) is 1.78. The molecule has 1 heterocycles. The molecule has 0 aliphatic carbocycles. The van der Waals surface area contributed by atoms with Crippen molar-refractivity contribution < 1.29 is 4.79 Å². The highest BCUT2D eigenvalue weighted by molar-refractivity contribution is 5.77. The van der Waals surface area contributed by atoms with Crippen molar-refractivity contribution in [3.8, 4) is 0 Å². The molecule has 0 saturated carbocycles. The first-order valence-corrected chi connectivity index (χ1v) is 4.99. The number of nitrogens with one attached hydrogen (secondary N) is 2. The first kappa shape index (κ1) is 9.98. The Labute approximate surface area is 88.9 Å². The lowest BCUT2D eigenvalue weighted by Crippen LogP contribution is -2.37. The van der Waals surface area contributed by atoms with Crippen LogP contribution in [0.4, 0.5) is 4.79 Å². The Hall–Kier alpha value is -1.55. The van der Waals surface area contributed by atoms with Gasteiger partial charge in [0.1, 0.15) is 0 Å². The largest absolute Gasteiger partial charge is 0.335 e. The number of nitrogens with two attached hydrogens (primary N) is 1. The van der Waals surface area contributed by atoms with Crippen LogP contribution in [-0.2, 0) is 12.1 Å². The van der Waals surface area contributed by atoms with Crippen LogP contribution >= 0.6 is 0 Å². The molecular weight excluding hydrogens is 190 g/mol. The van der Waals surface area contributed by atoms with Crippen molar-refractivity contribution in [2.45, 2.75) is 19.0 Å². The van der Waals surface area contributed by atoms with Crippen LogP contribution in [0.15, 0.2) is 24.3 Å². The molecule has 0 radical (unpaired) electrons. The van der Waals surface area contributed by atoms with Gasteiger partial charge in [0, 0.05) is 13.1 Å². The number of amides is 2. The maximum atomic E-state index is 11.1. The Morgan fingerprint density at radius 1 is 1.40 bits per heavy atom. The van der Waals surface area contributed by atoms with Gasteiger partial charge in [-0.25, -0.2) is 4.79 Å². The Kier molecular flexibility index (Phi) is 2.36. The summed E-state index contributed by atoms with van der Waals surface area (Å²) < 4.78 is 0. The van der Waals surface area contributed by atoms with Crippen molar-refractivity contribution in [3.63, 3.8) is 0 Å². The fraction of sp³-hybridized carbons (Fsp3) is 0.364. The third-order valence-electron chi connectivity index (χ3n) is 2.82. The Morgan fingerprint density at radius 3 is 2.53 bits per heavy atom. The van der Waals surface area contributed by atoms with Crippen LogP contribution in [0.3, 0.4) is 0 Å². The van der Waals surface area contributed by atoms with Gasteiger partial charge in [-0.15, -0.1) is 0 Å². The van der Waals surface area contributed by atoms with Crippen LogP contribution in [0.25, 0.3) is 0 Å². The van der Waals surface area contributed by atoms with Crippen molar-refractivity contribution in [1.82, 2.24) is 10.6 Å². The summed E-state index contributed by atoms with van der Waals surface area (Å²) in [5.74, 6) is 0. The molecule has 1 unspecified atom stereocenters. The molecule has 15 heavy (non-hydrogen) atoms. The molecule has 4 heteroatoms. The van der Waals surface area contributed by atoms with E-state index in [1.54, 1.807) is 0 Å². The summed E-state index contributed by atoms with van der Waals surface area (Å²) in [4.78, 5) is 11.1. The topological polar surface area (TPSA) is 67.1 Å². The quantitative estimate of drug-likeness (QED) is 0.664. The number of hydrogen-bond donors (Lipinski definition) is 3. The third-order valence-corrected chi connectivity index (χ3v) is 2.82. The van der Waals surface area contributed by atoms with E-state index in [9.17, 15) is 4.79 Å². The highest BCUT2D eigenvalue weighted by Crippen LogP contribution is 2.23. The second-order valence-electron chi connectivity index (χ2n) is 4.04. The van der Waals surface area contributed by atoms with Gasteiger partial charge in [0.2, 0.25) is 0 Å². The van der Waals surface area contributed by atoms with Crippen LogP contribution in [0.2, 0.25) is 0 Å². The number of benzene rings is 1. The summed E-state index contributed by atoms with van der Waals surface area (Å²) >= 11 is 0. The number of urea groups is 1. The minimum atomic E-state index is -0.301. The average Bonchev–Trinajstić information content (AvgIpc) is 2.60. The minimum Gasteiger partial charge on any atom is -0.335 e. The molecule has 80 valence electrons. The predicted molar refractivity (Wildman–Crippen MR) is 58.2 cm³/mol. The van der Waals surface area contributed by atoms with E-state index in [1.807, 2.05) is 31.2 Å². The highest BCUT2D eigenvalue weighted by Gasteiger charge is 2.34. The predicted octanol–water partition coefficient (Wildman–Crippen LogP) is 0.673. The van der Waals surface area contributed by atoms with Gasteiger partial charge >= 0.3 is 6.03 Å². The molecule has 2 rings (SSSR count). The lowest BCUT2D eigenvalue weighted by atomic mass is 9.92. The van der Waals surface area contributed by atoms with E-state index in [2.05, 4.69) is 10.6 Å². The lowest BCUT2D eigenvalue weighted by molar-refractivity contribution is 0.245. The molecule has 0 bridgehead atoms. The summed E-state index contributed by atoms with van der Waals surface area (Å²) in [6.45, 7) is 3.16. The first-order chi connectivity index (χ1) is 7.14. The van der Waals surface area contributed by atoms with Crippen molar-refractivity contribution >= 4 is 6.03 Å². The monoisotopic (exact) mass is 205 g/mol. The summed E-state index contributed by atoms with van der Waals surface area (Å²) in [5, 5.41) is 5.67. The molecule has 4 nitrogen and oxygen atoms in total. The standard InChI is InChI=1S/C11H15N3O/c1-11(7-13-10(15)14-11)9-4-2-8(6-12)3-5-9/h2-5H,6-7,12H2,1H3,(H2,13,14,15). The van der Waals surface area contributed by atoms with Gasteiger partial charge in [0.25, 0.3) is 0 Å². The molecule has 1 aliphatic heterocycles. The van der Waals surface area contributed by atoms with Gasteiger partial charge in [0.05, 0.1) is 5.54 Å². The number of carbonyl (C=O) groups is 1. The highest BCUT2D eigenvalue weighted by atomic mass is 16.2. The third kappa shape index (κ3) is 1.80. The van der Waals surface area contributed by atoms with Gasteiger partial charge in [-0.3, -0.25) is 0 Å². The van der Waals surface area contributed by atoms with E-state index in [-0.39, 0.29) is 11.6 Å². The molecule has 0 spiro atoms. The molecule has 1 aromatic rings. The Morgan fingerprint density at radius 2 is 2.07 bits per heavy atom. The van der Waals surface area contributed by atoms with Gasteiger partial charge in [-0.05, 0) is 18.1 Å². The van der Waals surface area contributed by atoms with E-state index in [4.69, 9.17) is 5.73 Å². The average molecular weight is 205 g/mol. The van der Waals surface area contributed by atoms with Crippen molar-refractivity contribution in [3.05, 3.63) is 35.4 Å². The maximum absolute atomic E-state index is 11.1. The van der Waals surface area contributed by atoms with E-state index >= 15 is 0 Å². The van der Waals surface area contributed by atoms with Crippen molar-refractivity contribution in [2.75, 3.05) is 6.54 Å². The van der Waals surface area contributed by atoms with Gasteiger partial charge in [-0.1, -0.05) is 24.3 Å². The molecule has 1 atom stereocenters. The molecule has 4 N–H and O–H groups in total. The van der Waals surface area contributed by atoms with E-state index < -0.39 is 0 Å². The molecule has 1 aromatic carbocycles. The Bertz CT molecular complexity index is 374. The summed E-state index contributed by atoms with van der Waals surface area (Å²) in [6.07, 6.45) is 0. The molecule has 2 amide bonds. The van der Waals surface area contributed by atoms with Gasteiger partial charge in [0.15, 0.2) is 0 Å². The summed E-state index contributed by atoms with van der Waals surface area (Å²) in [5.41, 5.74) is 7.42. The molecule has 0 aromatic heterocycles. The van der Waals surface area contributed by atoms with E-state index in [1.165, 1.54) is 0 Å². The van der Waals surface area contributed by atoms with Gasteiger partial charge < -0.3 is 16.4 Å². The molecule has 1 aliphatic rings. The van der Waals surface area contributed by atoms with Crippen molar-refractivity contribution in [1.29, 1.82) is 0 Å². The van der Waals surface area contributed by atoms with Crippen LogP contribution in [0.5, 0.6) is 0 Å². The second-order valence-corrected chi connectivity index (χ2v) is 4.04. The maximum Gasteiger partial charge on any atom is 0.315 e. The minimum absolute atomic E-state index is 0.111. The van der Waals surface area contributed by atoms with Crippen molar-refractivity contribution in [2.24, 2.45) is 5.73 Å². The van der Waals surface area contributed by atoms with E-state index in [0.717, 1.165) is 11.1 Å². The molecule has 1 fully saturated rings. The Balaban J connectivity index is 2.25. The fourth-order valence-corrected chi connectivity index (χ4v) is 1.78. The summed E-state index contributed by atoms with van der Waals surface area (Å²) in [6, 6.07) is 7.89. The zero-order valence-electron chi connectivity index (χ0n) is 8.71. The molecular formula is C11H15N3O. The number of carbonyl (C=O) groups excluding carboxylic acids is 1. The van der Waals surface area contributed by atoms with Gasteiger partial charge in [-0.2, -0.15) is 0 Å². The number of rotatable bonds is 2. The summed E-state index contributed by atoms with van der Waals surface area (Å²) in [7, 11) is 0. The van der Waals surface area contributed by atoms with Crippen LogP contribution in [-0.4, -0.2) is 12.6 Å². The normalized spacial score (nSPS) is 24.8. The smallest absolute Gasteiger partial charge is 0.315 e. The SMILES string of the molecule is CC1(c2ccc(CN)cc2)CNC(=O)N1. The second kappa shape index (κ2) is 3.55. The zero-order chi connectivity index (χ0) is 10.9. The van der Waals surface area contributed by atoms with Crippen LogP contribution < -0.4 is 16.4 Å². The van der Waals surface area contributed by atoms with E-state index in [0.29, 0.717) is 13.1 Å². The lowest BCUT2D eigenvalue weighted by Gasteiger charge is -2.23. The van der Waals surface area contributed by atoms with Crippen LogP contribution in [0, 0.1) is 0 Å². The first-order valence-electron chi connectivity index (χ1n) is 4.99. The number of hydrogen-bond acceptors (Lipinski definition) is 2. The molecule has 1 saturated heterocycles. The zero-order valence-corrected chi connectivity index (χ0v) is 8.71. The van der Waals surface area contributed by atoms with Crippen LogP contribution in [0.1, 0.15) is 18.1 Å².